The number of pyridine rings is 1. The number of aromatic nitrogens is 1. The van der Waals surface area contributed by atoms with Crippen LogP contribution in [0.2, 0.25) is 10.2 Å². The Labute approximate surface area is 121 Å². The van der Waals surface area contributed by atoms with E-state index >= 15 is 0 Å². The van der Waals surface area contributed by atoms with E-state index in [0.717, 1.165) is 6.20 Å². The van der Waals surface area contributed by atoms with E-state index in [1.54, 1.807) is 13.8 Å². The molecule has 106 valence electrons. The molecule has 19 heavy (non-hydrogen) atoms. The smallest absolute Gasteiger partial charge is 0.242 e. The maximum absolute atomic E-state index is 12.1. The highest BCUT2D eigenvalue weighted by atomic mass is 35.5. The van der Waals surface area contributed by atoms with Crippen LogP contribution in [0, 0.1) is 0 Å². The molecule has 0 aliphatic carbocycles. The Morgan fingerprint density at radius 3 is 2.53 bits per heavy atom. The molecule has 0 atom stereocenters. The van der Waals surface area contributed by atoms with E-state index < -0.39 is 21.5 Å². The minimum Gasteiger partial charge on any atom is -0.370 e. The first-order valence-corrected chi connectivity index (χ1v) is 7.41. The van der Waals surface area contributed by atoms with Crippen molar-refractivity contribution in [3.63, 3.8) is 0 Å². The Kier molecular flexibility index (Phi) is 4.78. The van der Waals surface area contributed by atoms with Gasteiger partial charge in [-0.05, 0) is 19.9 Å². The number of hydrogen-bond donors (Lipinski definition) is 2. The number of nitrogens with zero attached hydrogens (tertiary/aromatic N) is 1. The molecule has 9 heteroatoms. The third-order valence-electron chi connectivity index (χ3n) is 2.11. The number of amides is 1. The lowest BCUT2D eigenvalue weighted by molar-refractivity contribution is -0.119. The average molecular weight is 326 g/mol. The molecule has 0 aromatic carbocycles. The molecule has 1 rings (SSSR count). The number of sulfonamides is 1. The second-order valence-electron chi connectivity index (χ2n) is 4.58. The van der Waals surface area contributed by atoms with Gasteiger partial charge in [0.2, 0.25) is 15.9 Å². The quantitative estimate of drug-likeness (QED) is 0.797. The van der Waals surface area contributed by atoms with E-state index in [9.17, 15) is 13.2 Å². The first-order valence-electron chi connectivity index (χ1n) is 5.17. The van der Waals surface area contributed by atoms with Crippen molar-refractivity contribution in [1.82, 2.24) is 9.71 Å². The molecule has 0 bridgehead atoms. The number of rotatable bonds is 5. The van der Waals surface area contributed by atoms with Gasteiger partial charge >= 0.3 is 0 Å². The minimum atomic E-state index is -3.87. The van der Waals surface area contributed by atoms with Crippen molar-refractivity contribution >= 4 is 39.1 Å². The highest BCUT2D eigenvalue weighted by molar-refractivity contribution is 7.89. The fourth-order valence-electron chi connectivity index (χ4n) is 1.44. The molecule has 0 unspecified atom stereocenters. The van der Waals surface area contributed by atoms with Crippen LogP contribution >= 0.6 is 23.2 Å². The van der Waals surface area contributed by atoms with Crippen LogP contribution in [0.5, 0.6) is 0 Å². The molecule has 0 fully saturated rings. The predicted molar refractivity (Wildman–Crippen MR) is 72.5 cm³/mol. The SMILES string of the molecule is CC(C)(CC(N)=O)NS(=O)(=O)c1cnc(Cl)c(Cl)c1. The molecule has 3 N–H and O–H groups in total. The van der Waals surface area contributed by atoms with Gasteiger partial charge in [0.25, 0.3) is 0 Å². The molecular weight excluding hydrogens is 313 g/mol. The zero-order valence-electron chi connectivity index (χ0n) is 10.3. The third kappa shape index (κ3) is 4.61. The van der Waals surface area contributed by atoms with Gasteiger partial charge in [0.05, 0.1) is 5.02 Å². The number of nitrogens with one attached hydrogen (secondary N) is 1. The van der Waals surface area contributed by atoms with Crippen LogP contribution in [0.25, 0.3) is 0 Å². The lowest BCUT2D eigenvalue weighted by Crippen LogP contribution is -2.45. The summed E-state index contributed by atoms with van der Waals surface area (Å²) < 4.78 is 26.5. The van der Waals surface area contributed by atoms with E-state index in [0.29, 0.717) is 0 Å². The zero-order valence-corrected chi connectivity index (χ0v) is 12.6. The van der Waals surface area contributed by atoms with Gasteiger partial charge in [0.1, 0.15) is 10.0 Å². The van der Waals surface area contributed by atoms with E-state index in [1.807, 2.05) is 0 Å². The summed E-state index contributed by atoms with van der Waals surface area (Å²) in [7, 11) is -3.87. The standard InChI is InChI=1S/C10H13Cl2N3O3S/c1-10(2,4-8(13)16)15-19(17,18)6-3-7(11)9(12)14-5-6/h3,5,15H,4H2,1-2H3,(H2,13,16). The molecule has 0 saturated heterocycles. The fourth-order valence-corrected chi connectivity index (χ4v) is 3.16. The van der Waals surface area contributed by atoms with E-state index in [2.05, 4.69) is 9.71 Å². The van der Waals surface area contributed by atoms with Crippen molar-refractivity contribution in [3.8, 4) is 0 Å². The Hall–Kier alpha value is -0.890. The summed E-state index contributed by atoms with van der Waals surface area (Å²) in [5.41, 5.74) is 4.04. The van der Waals surface area contributed by atoms with Gasteiger partial charge in [0.15, 0.2) is 0 Å². The summed E-state index contributed by atoms with van der Waals surface area (Å²) >= 11 is 11.3. The van der Waals surface area contributed by atoms with Crippen LogP contribution in [0.1, 0.15) is 20.3 Å². The van der Waals surface area contributed by atoms with E-state index in [4.69, 9.17) is 28.9 Å². The molecule has 1 aromatic heterocycles. The van der Waals surface area contributed by atoms with Crippen LogP contribution in [0.4, 0.5) is 0 Å². The number of carbonyl (C=O) groups excluding carboxylic acids is 1. The second kappa shape index (κ2) is 5.62. The van der Waals surface area contributed by atoms with Crippen LogP contribution < -0.4 is 10.5 Å². The van der Waals surface area contributed by atoms with Gasteiger partial charge in [-0.1, -0.05) is 23.2 Å². The number of carbonyl (C=O) groups is 1. The van der Waals surface area contributed by atoms with E-state index in [-0.39, 0.29) is 21.5 Å². The Bertz CT molecular complexity index is 602. The van der Waals surface area contributed by atoms with Crippen molar-refractivity contribution in [1.29, 1.82) is 0 Å². The van der Waals surface area contributed by atoms with Gasteiger partial charge in [-0.15, -0.1) is 0 Å². The second-order valence-corrected chi connectivity index (χ2v) is 7.02. The van der Waals surface area contributed by atoms with Crippen molar-refractivity contribution < 1.29 is 13.2 Å². The summed E-state index contributed by atoms with van der Waals surface area (Å²) in [6.07, 6.45) is 0.942. The topological polar surface area (TPSA) is 102 Å². The molecule has 0 aliphatic heterocycles. The zero-order chi connectivity index (χ0) is 14.8. The molecule has 0 saturated carbocycles. The first kappa shape index (κ1) is 16.2. The maximum Gasteiger partial charge on any atom is 0.242 e. The van der Waals surface area contributed by atoms with Crippen molar-refractivity contribution in [3.05, 3.63) is 22.4 Å². The van der Waals surface area contributed by atoms with Gasteiger partial charge in [-0.3, -0.25) is 4.79 Å². The summed E-state index contributed by atoms with van der Waals surface area (Å²) in [6, 6.07) is 1.18. The number of halogens is 2. The molecule has 1 heterocycles. The average Bonchev–Trinajstić information content (AvgIpc) is 2.17. The van der Waals surface area contributed by atoms with Crippen LogP contribution in [0.15, 0.2) is 17.2 Å². The fraction of sp³-hybridized carbons (Fsp3) is 0.400. The van der Waals surface area contributed by atoms with Crippen LogP contribution in [0.3, 0.4) is 0 Å². The molecule has 6 nitrogen and oxygen atoms in total. The monoisotopic (exact) mass is 325 g/mol. The van der Waals surface area contributed by atoms with Gasteiger partial charge in [0, 0.05) is 18.2 Å². The van der Waals surface area contributed by atoms with Gasteiger partial charge < -0.3 is 5.73 Å². The largest absolute Gasteiger partial charge is 0.370 e. The molecule has 1 amide bonds. The van der Waals surface area contributed by atoms with Gasteiger partial charge in [-0.2, -0.15) is 0 Å². The van der Waals surface area contributed by atoms with Gasteiger partial charge in [-0.25, -0.2) is 18.1 Å². The summed E-state index contributed by atoms with van der Waals surface area (Å²) in [6.45, 7) is 3.08. The lowest BCUT2D eigenvalue weighted by Gasteiger charge is -2.24. The number of hydrogen-bond acceptors (Lipinski definition) is 4. The molecule has 0 aliphatic rings. The molecule has 1 aromatic rings. The molecule has 0 spiro atoms. The van der Waals surface area contributed by atoms with Crippen molar-refractivity contribution in [2.45, 2.75) is 30.7 Å². The number of primary amides is 1. The number of nitrogens with two attached hydrogens (primary N) is 1. The Balaban J connectivity index is 3.04. The van der Waals surface area contributed by atoms with Crippen LogP contribution in [-0.4, -0.2) is 24.8 Å². The minimum absolute atomic E-state index is 0.0111. The van der Waals surface area contributed by atoms with Crippen molar-refractivity contribution in [2.75, 3.05) is 0 Å². The van der Waals surface area contributed by atoms with Crippen molar-refractivity contribution in [2.24, 2.45) is 5.73 Å². The van der Waals surface area contributed by atoms with Crippen LogP contribution in [-0.2, 0) is 14.8 Å². The molecular formula is C10H13Cl2N3O3S. The maximum atomic E-state index is 12.1. The summed E-state index contributed by atoms with van der Waals surface area (Å²) in [5, 5.41) is 0.0364. The summed E-state index contributed by atoms with van der Waals surface area (Å²) in [4.78, 5) is 14.4. The Morgan fingerprint density at radius 1 is 1.47 bits per heavy atom. The predicted octanol–water partition coefficient (Wildman–Crippen LogP) is 1.32. The molecule has 0 radical (unpaired) electrons. The first-order chi connectivity index (χ1) is 8.53. The normalized spacial score (nSPS) is 12.4. The third-order valence-corrected chi connectivity index (χ3v) is 4.46. The Morgan fingerprint density at radius 2 is 2.05 bits per heavy atom. The summed E-state index contributed by atoms with van der Waals surface area (Å²) in [5.74, 6) is -0.611. The highest BCUT2D eigenvalue weighted by Crippen LogP contribution is 2.23. The highest BCUT2D eigenvalue weighted by Gasteiger charge is 2.28. The van der Waals surface area contributed by atoms with E-state index in [1.165, 1.54) is 6.07 Å². The lowest BCUT2D eigenvalue weighted by atomic mass is 10.0.